The molecule has 0 spiro atoms. The third-order valence-corrected chi connectivity index (χ3v) is 12.2. The van der Waals surface area contributed by atoms with Gasteiger partial charge in [0.25, 0.3) is 0 Å². The number of hydrogen-bond acceptors (Lipinski definition) is 2. The van der Waals surface area contributed by atoms with Crippen LogP contribution in [0, 0.1) is 0 Å². The Morgan fingerprint density at radius 3 is 1.23 bits per heavy atom. The highest BCUT2D eigenvalue weighted by atomic mass is 15.1. The SMILES string of the molecule is c1ccc(-c2ccc3c(c2)c2cc(-c4ccc(-c5ccc6c(c5)c5ccccc5n6-c5cc(-c6ccccc6)nc(-c6ccccc6)n5)cc4)ccc2n3-c2ccccc2)cc1. The van der Waals surface area contributed by atoms with E-state index in [2.05, 4.69) is 215 Å². The first kappa shape index (κ1) is 35.6. The van der Waals surface area contributed by atoms with Crippen molar-refractivity contribution >= 4 is 43.6 Å². The van der Waals surface area contributed by atoms with Crippen molar-refractivity contribution in [2.24, 2.45) is 0 Å². The molecule has 0 aliphatic rings. The number of hydrogen-bond donors (Lipinski definition) is 0. The molecule has 0 aliphatic heterocycles. The van der Waals surface area contributed by atoms with Crippen LogP contribution >= 0.6 is 0 Å². The highest BCUT2D eigenvalue weighted by Crippen LogP contribution is 2.39. The Labute approximate surface area is 359 Å². The van der Waals surface area contributed by atoms with Crippen LogP contribution < -0.4 is 0 Å². The van der Waals surface area contributed by atoms with Gasteiger partial charge in [0.1, 0.15) is 5.82 Å². The molecule has 0 fully saturated rings. The molecule has 0 amide bonds. The fraction of sp³-hybridized carbons (Fsp3) is 0. The van der Waals surface area contributed by atoms with Crippen molar-refractivity contribution in [2.75, 3.05) is 0 Å². The summed E-state index contributed by atoms with van der Waals surface area (Å²) in [6.45, 7) is 0. The summed E-state index contributed by atoms with van der Waals surface area (Å²) in [6, 6.07) is 82.2. The Balaban J connectivity index is 0.947. The Morgan fingerprint density at radius 2 is 0.661 bits per heavy atom. The van der Waals surface area contributed by atoms with Crippen LogP contribution in [0.2, 0.25) is 0 Å². The van der Waals surface area contributed by atoms with Crippen LogP contribution in [0.3, 0.4) is 0 Å². The van der Waals surface area contributed by atoms with Crippen molar-refractivity contribution in [3.05, 3.63) is 231 Å². The molecule has 9 aromatic carbocycles. The molecule has 0 saturated heterocycles. The molecule has 0 radical (unpaired) electrons. The average molecular weight is 791 g/mol. The van der Waals surface area contributed by atoms with E-state index in [9.17, 15) is 0 Å². The highest BCUT2D eigenvalue weighted by Gasteiger charge is 2.18. The summed E-state index contributed by atoms with van der Waals surface area (Å²) in [7, 11) is 0. The summed E-state index contributed by atoms with van der Waals surface area (Å²) in [6.07, 6.45) is 0. The summed E-state index contributed by atoms with van der Waals surface area (Å²) in [5.41, 5.74) is 15.8. The molecule has 0 aliphatic carbocycles. The van der Waals surface area contributed by atoms with E-state index in [0.717, 1.165) is 39.4 Å². The molecule has 12 rings (SSSR count). The van der Waals surface area contributed by atoms with Gasteiger partial charge in [-0.15, -0.1) is 0 Å². The third-order valence-electron chi connectivity index (χ3n) is 12.2. The summed E-state index contributed by atoms with van der Waals surface area (Å²) in [5, 5.41) is 4.84. The van der Waals surface area contributed by atoms with Gasteiger partial charge in [-0.05, 0) is 88.0 Å². The zero-order valence-corrected chi connectivity index (χ0v) is 33.7. The number of para-hydroxylation sites is 2. The maximum absolute atomic E-state index is 5.21. The van der Waals surface area contributed by atoms with Crippen LogP contribution in [0.1, 0.15) is 0 Å². The van der Waals surface area contributed by atoms with E-state index in [1.54, 1.807) is 0 Å². The minimum absolute atomic E-state index is 0.697. The lowest BCUT2D eigenvalue weighted by Crippen LogP contribution is -2.02. The van der Waals surface area contributed by atoms with Gasteiger partial charge in [-0.25, -0.2) is 9.97 Å². The smallest absolute Gasteiger partial charge is 0.162 e. The molecule has 62 heavy (non-hydrogen) atoms. The predicted molar refractivity (Wildman–Crippen MR) is 258 cm³/mol. The van der Waals surface area contributed by atoms with Gasteiger partial charge in [-0.2, -0.15) is 0 Å². The first-order valence-corrected chi connectivity index (χ1v) is 21.1. The first-order valence-electron chi connectivity index (χ1n) is 21.1. The standard InChI is InChI=1S/C58H38N4/c1-5-15-39(16-6-1)44-29-32-54-50(36-44)51-37-46(30-33-55(51)61(54)47-21-11-4-12-22-47)41-27-25-40(26-28-41)45-31-34-56-49(35-45)48-23-13-14-24-53(48)62(56)57-38-52(42-17-7-2-8-18-42)59-58(60-57)43-19-9-3-10-20-43/h1-38H. The minimum Gasteiger partial charge on any atom is -0.309 e. The van der Waals surface area contributed by atoms with E-state index >= 15 is 0 Å². The number of nitrogens with zero attached hydrogens (tertiary/aromatic N) is 4. The fourth-order valence-corrected chi connectivity index (χ4v) is 9.14. The molecule has 0 unspecified atom stereocenters. The fourth-order valence-electron chi connectivity index (χ4n) is 9.14. The van der Waals surface area contributed by atoms with Crippen LogP contribution in [0.25, 0.3) is 111 Å². The predicted octanol–water partition coefficient (Wildman–Crippen LogP) is 15.0. The summed E-state index contributed by atoms with van der Waals surface area (Å²) in [5.74, 6) is 1.53. The Kier molecular flexibility index (Phi) is 8.46. The van der Waals surface area contributed by atoms with E-state index < -0.39 is 0 Å². The Hall–Kier alpha value is -8.34. The van der Waals surface area contributed by atoms with Crippen molar-refractivity contribution < 1.29 is 0 Å². The van der Waals surface area contributed by atoms with Crippen LogP contribution in [0.15, 0.2) is 231 Å². The largest absolute Gasteiger partial charge is 0.309 e. The number of benzene rings is 9. The zero-order chi connectivity index (χ0) is 41.0. The maximum Gasteiger partial charge on any atom is 0.162 e. The molecular weight excluding hydrogens is 753 g/mol. The van der Waals surface area contributed by atoms with Gasteiger partial charge in [0.2, 0.25) is 0 Å². The number of aromatic nitrogens is 4. The first-order chi connectivity index (χ1) is 30.7. The lowest BCUT2D eigenvalue weighted by molar-refractivity contribution is 1.05. The van der Waals surface area contributed by atoms with E-state index in [1.165, 1.54) is 66.0 Å². The zero-order valence-electron chi connectivity index (χ0n) is 33.7. The van der Waals surface area contributed by atoms with Crippen molar-refractivity contribution in [2.45, 2.75) is 0 Å². The molecule has 0 atom stereocenters. The Morgan fingerprint density at radius 1 is 0.258 bits per heavy atom. The molecule has 3 heterocycles. The normalized spacial score (nSPS) is 11.5. The van der Waals surface area contributed by atoms with Crippen molar-refractivity contribution in [3.8, 4) is 67.5 Å². The number of rotatable bonds is 7. The van der Waals surface area contributed by atoms with E-state index in [1.807, 2.05) is 24.3 Å². The van der Waals surface area contributed by atoms with Gasteiger partial charge in [0.15, 0.2) is 5.82 Å². The monoisotopic (exact) mass is 790 g/mol. The van der Waals surface area contributed by atoms with Gasteiger partial charge < -0.3 is 4.57 Å². The molecule has 0 N–H and O–H groups in total. The van der Waals surface area contributed by atoms with Crippen LogP contribution in [-0.4, -0.2) is 19.1 Å². The van der Waals surface area contributed by atoms with Gasteiger partial charge >= 0.3 is 0 Å². The highest BCUT2D eigenvalue weighted by molar-refractivity contribution is 6.12. The van der Waals surface area contributed by atoms with E-state index in [4.69, 9.17) is 9.97 Å². The van der Waals surface area contributed by atoms with Gasteiger partial charge in [0.05, 0.1) is 27.8 Å². The molecule has 0 bridgehead atoms. The average Bonchev–Trinajstić information content (AvgIpc) is 3.87. The molecule has 3 aromatic heterocycles. The van der Waals surface area contributed by atoms with Crippen molar-refractivity contribution in [1.29, 1.82) is 0 Å². The minimum atomic E-state index is 0.697. The lowest BCUT2D eigenvalue weighted by atomic mass is 9.97. The van der Waals surface area contributed by atoms with Gasteiger partial charge in [0, 0.05) is 44.4 Å². The molecule has 4 nitrogen and oxygen atoms in total. The van der Waals surface area contributed by atoms with Crippen LogP contribution in [0.4, 0.5) is 0 Å². The molecule has 12 aromatic rings. The second-order valence-corrected chi connectivity index (χ2v) is 15.8. The molecular formula is C58H38N4. The molecule has 290 valence electrons. The van der Waals surface area contributed by atoms with E-state index in [0.29, 0.717) is 5.82 Å². The van der Waals surface area contributed by atoms with Crippen molar-refractivity contribution in [3.63, 3.8) is 0 Å². The summed E-state index contributed by atoms with van der Waals surface area (Å²) in [4.78, 5) is 10.3. The van der Waals surface area contributed by atoms with Crippen LogP contribution in [0.5, 0.6) is 0 Å². The van der Waals surface area contributed by atoms with Gasteiger partial charge in [-0.3, -0.25) is 4.57 Å². The lowest BCUT2D eigenvalue weighted by Gasteiger charge is -2.12. The second-order valence-electron chi connectivity index (χ2n) is 15.8. The molecule has 0 saturated carbocycles. The van der Waals surface area contributed by atoms with Crippen LogP contribution in [-0.2, 0) is 0 Å². The molecule has 4 heteroatoms. The summed E-state index contributed by atoms with van der Waals surface area (Å²) >= 11 is 0. The van der Waals surface area contributed by atoms with Gasteiger partial charge in [-0.1, -0.05) is 170 Å². The van der Waals surface area contributed by atoms with Crippen molar-refractivity contribution in [1.82, 2.24) is 19.1 Å². The number of fused-ring (bicyclic) bond motifs is 6. The quantitative estimate of drug-likeness (QED) is 0.161. The summed E-state index contributed by atoms with van der Waals surface area (Å²) < 4.78 is 4.67. The second kappa shape index (κ2) is 14.7. The Bertz CT molecular complexity index is 3530. The van der Waals surface area contributed by atoms with E-state index in [-0.39, 0.29) is 0 Å². The maximum atomic E-state index is 5.21. The third kappa shape index (κ3) is 6.08. The topological polar surface area (TPSA) is 35.6 Å².